The number of aliphatic hydroxyl groups is 4. The first-order valence-corrected chi connectivity index (χ1v) is 10.3. The summed E-state index contributed by atoms with van der Waals surface area (Å²) in [6.45, 7) is 11.9. The Morgan fingerprint density at radius 1 is 0.679 bits per heavy atom. The third kappa shape index (κ3) is 4.97. The average Bonchev–Trinajstić information content (AvgIpc) is 2.51. The monoisotopic (exact) mass is 404 g/mol. The zero-order chi connectivity index (χ0) is 21.5. The van der Waals surface area contributed by atoms with Crippen molar-refractivity contribution < 1.29 is 20.4 Å². The smallest absolute Gasteiger partial charge is 0.0851 e. The molecule has 4 N–H and O–H groups in total. The minimum atomic E-state index is -1.13. The summed E-state index contributed by atoms with van der Waals surface area (Å²) < 4.78 is 0. The molecule has 5 heteroatoms. The first-order valence-electron chi connectivity index (χ1n) is 9.44. The topological polar surface area (TPSA) is 80.9 Å². The molecule has 0 amide bonds. The molecule has 0 saturated heterocycles. The number of hydrogen-bond donors (Lipinski definition) is 4. The summed E-state index contributed by atoms with van der Waals surface area (Å²) in [6, 6.07) is 11.0. The van der Waals surface area contributed by atoms with Gasteiger partial charge in [0.15, 0.2) is 0 Å². The third-order valence-corrected chi connectivity index (χ3v) is 6.00. The van der Waals surface area contributed by atoms with Gasteiger partial charge in [-0.3, -0.25) is 0 Å². The Hall–Kier alpha value is -1.37. The minimum Gasteiger partial charge on any atom is -0.389 e. The fraction of sp³-hybridized carbons (Fsp3) is 0.478. The van der Waals surface area contributed by atoms with Gasteiger partial charge in [-0.15, -0.1) is 0 Å². The molecule has 0 aliphatic carbocycles. The van der Waals surface area contributed by atoms with E-state index in [1.165, 1.54) is 11.8 Å². The zero-order valence-electron chi connectivity index (χ0n) is 17.7. The van der Waals surface area contributed by atoms with Crippen LogP contribution in [0.3, 0.4) is 0 Å². The van der Waals surface area contributed by atoms with Crippen molar-refractivity contribution in [1.82, 2.24) is 0 Å². The molecule has 2 aromatic rings. The van der Waals surface area contributed by atoms with Crippen molar-refractivity contribution in [3.8, 4) is 0 Å². The molecule has 0 heterocycles. The van der Waals surface area contributed by atoms with E-state index in [4.69, 9.17) is 0 Å². The van der Waals surface area contributed by atoms with Crippen LogP contribution in [0.25, 0.3) is 0 Å². The van der Waals surface area contributed by atoms with Crippen LogP contribution in [0.4, 0.5) is 0 Å². The van der Waals surface area contributed by atoms with Crippen molar-refractivity contribution >= 4 is 11.8 Å². The van der Waals surface area contributed by atoms with Gasteiger partial charge in [0.25, 0.3) is 0 Å². The van der Waals surface area contributed by atoms with Crippen molar-refractivity contribution in [3.05, 3.63) is 58.7 Å². The summed E-state index contributed by atoms with van der Waals surface area (Å²) in [5.41, 5.74) is -0.638. The molecule has 0 radical (unpaired) electrons. The van der Waals surface area contributed by atoms with Crippen LogP contribution in [0.5, 0.6) is 0 Å². The van der Waals surface area contributed by atoms with Crippen molar-refractivity contribution in [3.63, 3.8) is 0 Å². The van der Waals surface area contributed by atoms with Crippen molar-refractivity contribution in [2.75, 3.05) is 0 Å². The van der Waals surface area contributed by atoms with Gasteiger partial charge in [-0.2, -0.15) is 0 Å². The summed E-state index contributed by atoms with van der Waals surface area (Å²) in [5.74, 6) is 0. The molecule has 28 heavy (non-hydrogen) atoms. The van der Waals surface area contributed by atoms with E-state index in [2.05, 4.69) is 0 Å². The molecule has 1 atom stereocenters. The molecule has 0 spiro atoms. The van der Waals surface area contributed by atoms with E-state index in [0.717, 1.165) is 9.79 Å². The summed E-state index contributed by atoms with van der Waals surface area (Å²) in [4.78, 5) is 1.45. The van der Waals surface area contributed by atoms with E-state index >= 15 is 0 Å². The molecule has 0 bridgehead atoms. The zero-order valence-corrected chi connectivity index (χ0v) is 18.6. The van der Waals surface area contributed by atoms with Gasteiger partial charge in [0.2, 0.25) is 0 Å². The number of aliphatic hydroxyl groups excluding tert-OH is 1. The highest BCUT2D eigenvalue weighted by Crippen LogP contribution is 2.46. The van der Waals surface area contributed by atoms with Gasteiger partial charge in [0.1, 0.15) is 0 Å². The molecule has 154 valence electrons. The Balaban J connectivity index is 2.83. The number of benzene rings is 2. The van der Waals surface area contributed by atoms with Gasteiger partial charge in [-0.25, -0.2) is 0 Å². The van der Waals surface area contributed by atoms with Crippen molar-refractivity contribution in [2.45, 2.75) is 81.2 Å². The second-order valence-electron chi connectivity index (χ2n) is 8.86. The van der Waals surface area contributed by atoms with Gasteiger partial charge in [0, 0.05) is 9.79 Å². The molecular weight excluding hydrogens is 372 g/mol. The Labute approximate surface area is 172 Å². The van der Waals surface area contributed by atoms with Crippen LogP contribution in [0, 0.1) is 0 Å². The fourth-order valence-electron chi connectivity index (χ4n) is 3.19. The quantitative estimate of drug-likeness (QED) is 0.567. The molecule has 0 aliphatic rings. The second-order valence-corrected chi connectivity index (χ2v) is 9.88. The molecule has 2 aromatic carbocycles. The normalized spacial score (nSPS) is 14.2. The van der Waals surface area contributed by atoms with Crippen molar-refractivity contribution in [1.29, 1.82) is 0 Å². The molecule has 0 unspecified atom stereocenters. The van der Waals surface area contributed by atoms with Gasteiger partial charge in [0.05, 0.1) is 22.9 Å². The van der Waals surface area contributed by atoms with Crippen LogP contribution in [0.1, 0.15) is 76.8 Å². The molecule has 0 saturated carbocycles. The molecule has 0 aliphatic heterocycles. The maximum Gasteiger partial charge on any atom is 0.0851 e. The Kier molecular flexibility index (Phi) is 6.39. The number of rotatable bonds is 6. The SMILES string of the molecule is C[C@H](O)c1cccc(C(C)(C)O)c1Sc1c(C(C)(C)O)cccc1C(C)(C)O. The lowest BCUT2D eigenvalue weighted by Crippen LogP contribution is -2.23. The van der Waals surface area contributed by atoms with Crippen LogP contribution in [0.2, 0.25) is 0 Å². The summed E-state index contributed by atoms with van der Waals surface area (Å²) in [7, 11) is 0. The van der Waals surface area contributed by atoms with Gasteiger partial charge in [-0.1, -0.05) is 48.2 Å². The van der Waals surface area contributed by atoms with Crippen LogP contribution in [0.15, 0.2) is 46.2 Å². The lowest BCUT2D eigenvalue weighted by Gasteiger charge is -2.30. The molecule has 4 nitrogen and oxygen atoms in total. The maximum absolute atomic E-state index is 10.8. The highest BCUT2D eigenvalue weighted by molar-refractivity contribution is 7.99. The lowest BCUT2D eigenvalue weighted by molar-refractivity contribution is 0.0662. The summed E-state index contributed by atoms with van der Waals surface area (Å²) >= 11 is 1.36. The summed E-state index contributed by atoms with van der Waals surface area (Å²) in [6.07, 6.45) is -0.732. The van der Waals surface area contributed by atoms with E-state index in [0.29, 0.717) is 22.3 Å². The van der Waals surface area contributed by atoms with E-state index in [-0.39, 0.29) is 0 Å². The predicted molar refractivity (Wildman–Crippen MR) is 113 cm³/mol. The second kappa shape index (κ2) is 7.81. The first kappa shape index (κ1) is 22.9. The lowest BCUT2D eigenvalue weighted by atomic mass is 9.91. The van der Waals surface area contributed by atoms with Crippen LogP contribution in [-0.4, -0.2) is 20.4 Å². The van der Waals surface area contributed by atoms with Crippen LogP contribution < -0.4 is 0 Å². The summed E-state index contributed by atoms with van der Waals surface area (Å²) in [5, 5.41) is 42.6. The van der Waals surface area contributed by atoms with Gasteiger partial charge < -0.3 is 20.4 Å². The largest absolute Gasteiger partial charge is 0.389 e. The first-order chi connectivity index (χ1) is 12.6. The van der Waals surface area contributed by atoms with E-state index in [1.54, 1.807) is 48.5 Å². The Morgan fingerprint density at radius 2 is 1.04 bits per heavy atom. The minimum absolute atomic E-state index is 0.680. The maximum atomic E-state index is 10.8. The fourth-order valence-corrected chi connectivity index (χ4v) is 5.04. The molecular formula is C23H32O4S. The molecule has 0 aromatic heterocycles. The standard InChI is InChI=1S/C23H32O4S/c1-14(24)15-10-8-11-16(21(2,3)25)19(15)28-20-17(22(4,5)26)12-9-13-18(20)23(6,7)27/h8-14,24-27H,1-7H3/t14-/m0/s1. The van der Waals surface area contributed by atoms with Crippen molar-refractivity contribution in [2.24, 2.45) is 0 Å². The van der Waals surface area contributed by atoms with E-state index in [9.17, 15) is 20.4 Å². The molecule has 0 fully saturated rings. The number of hydrogen-bond acceptors (Lipinski definition) is 5. The Bertz CT molecular complexity index is 805. The van der Waals surface area contributed by atoms with Crippen LogP contribution >= 0.6 is 11.8 Å². The molecule has 2 rings (SSSR count). The highest BCUT2D eigenvalue weighted by Gasteiger charge is 2.31. The van der Waals surface area contributed by atoms with E-state index < -0.39 is 22.9 Å². The predicted octanol–water partition coefficient (Wildman–Crippen LogP) is 4.57. The third-order valence-electron chi connectivity index (χ3n) is 4.69. The van der Waals surface area contributed by atoms with Crippen LogP contribution in [-0.2, 0) is 16.8 Å². The average molecular weight is 405 g/mol. The van der Waals surface area contributed by atoms with E-state index in [1.807, 2.05) is 36.4 Å². The highest BCUT2D eigenvalue weighted by atomic mass is 32.2. The van der Waals surface area contributed by atoms with Gasteiger partial charge in [-0.05, 0) is 70.7 Å². The van der Waals surface area contributed by atoms with Gasteiger partial charge >= 0.3 is 0 Å². The Morgan fingerprint density at radius 3 is 1.39 bits per heavy atom.